The monoisotopic (exact) mass is 678 g/mol. The predicted molar refractivity (Wildman–Crippen MR) is 186 cm³/mol. The highest BCUT2D eigenvalue weighted by Crippen LogP contribution is 2.36. The summed E-state index contributed by atoms with van der Waals surface area (Å²) in [5, 5.41) is 16.5. The second-order valence-corrected chi connectivity index (χ2v) is 14.9. The van der Waals surface area contributed by atoms with Gasteiger partial charge in [-0.25, -0.2) is 13.8 Å². The van der Waals surface area contributed by atoms with E-state index in [-0.39, 0.29) is 67.7 Å². The van der Waals surface area contributed by atoms with Crippen LogP contribution in [0.15, 0.2) is 0 Å². The summed E-state index contributed by atoms with van der Waals surface area (Å²) in [5.74, 6) is 5.07. The fourth-order valence-corrected chi connectivity index (χ4v) is 8.33. The number of nitrogens with one attached hydrogen (secondary N) is 2. The number of aliphatic hydroxyl groups excluding tert-OH is 1. The summed E-state index contributed by atoms with van der Waals surface area (Å²) in [7, 11) is 0. The Morgan fingerprint density at radius 2 is 1.46 bits per heavy atom. The lowest BCUT2D eigenvalue weighted by Gasteiger charge is -2.37. The lowest BCUT2D eigenvalue weighted by atomic mass is 9.74. The number of carbonyl (C=O) groups excluding carboxylic acids is 3. The van der Waals surface area contributed by atoms with Crippen LogP contribution in [0.3, 0.4) is 0 Å². The van der Waals surface area contributed by atoms with Crippen LogP contribution in [0.4, 0.5) is 8.78 Å². The van der Waals surface area contributed by atoms with E-state index < -0.39 is 30.4 Å². The molecule has 3 aliphatic carbocycles. The molecule has 274 valence electrons. The van der Waals surface area contributed by atoms with Crippen LogP contribution in [0.25, 0.3) is 0 Å². The van der Waals surface area contributed by atoms with Gasteiger partial charge in [0, 0.05) is 56.8 Å². The van der Waals surface area contributed by atoms with Crippen molar-refractivity contribution in [3.05, 3.63) is 0 Å². The third-order valence-electron chi connectivity index (χ3n) is 10.5. The maximum Gasteiger partial charge on any atom is 0.234 e. The van der Waals surface area contributed by atoms with Crippen molar-refractivity contribution in [3.63, 3.8) is 0 Å². The normalized spacial score (nSPS) is 27.8. The Morgan fingerprint density at radius 3 is 2.06 bits per heavy atom. The molecule has 0 aromatic rings. The van der Waals surface area contributed by atoms with Gasteiger partial charge in [0.2, 0.25) is 17.7 Å². The summed E-state index contributed by atoms with van der Waals surface area (Å²) < 4.78 is 28.9. The Hall–Kier alpha value is -2.25. The van der Waals surface area contributed by atoms with Crippen molar-refractivity contribution >= 4 is 17.7 Å². The van der Waals surface area contributed by atoms with Crippen LogP contribution >= 0.6 is 0 Å². The topological polar surface area (TPSA) is 102 Å². The van der Waals surface area contributed by atoms with Crippen molar-refractivity contribution in [1.29, 1.82) is 0 Å². The van der Waals surface area contributed by atoms with Crippen molar-refractivity contribution in [2.24, 2.45) is 29.6 Å². The number of rotatable bonds is 17. The van der Waals surface area contributed by atoms with Gasteiger partial charge in [0.15, 0.2) is 0 Å². The summed E-state index contributed by atoms with van der Waals surface area (Å²) in [6.45, 7) is 9.82. The molecular formula is C38H64F2N4O4. The minimum Gasteiger partial charge on any atom is -0.390 e. The second-order valence-electron chi connectivity index (χ2n) is 14.9. The molecule has 3 rings (SSSR count). The summed E-state index contributed by atoms with van der Waals surface area (Å²) in [5.41, 5.74) is 3.00. The van der Waals surface area contributed by atoms with E-state index >= 15 is 0 Å². The van der Waals surface area contributed by atoms with Gasteiger partial charge in [0.05, 0.1) is 12.1 Å². The summed E-state index contributed by atoms with van der Waals surface area (Å²) >= 11 is 0. The van der Waals surface area contributed by atoms with E-state index in [1.807, 2.05) is 11.8 Å². The van der Waals surface area contributed by atoms with Gasteiger partial charge in [-0.05, 0) is 89.4 Å². The largest absolute Gasteiger partial charge is 0.390 e. The zero-order valence-corrected chi connectivity index (χ0v) is 30.2. The van der Waals surface area contributed by atoms with Gasteiger partial charge >= 0.3 is 0 Å². The number of alkyl halides is 2. The summed E-state index contributed by atoms with van der Waals surface area (Å²) in [4.78, 5) is 42.5. The van der Waals surface area contributed by atoms with Crippen molar-refractivity contribution in [1.82, 2.24) is 20.7 Å². The second kappa shape index (κ2) is 21.1. The molecule has 0 saturated heterocycles. The Balaban J connectivity index is 1.76. The summed E-state index contributed by atoms with van der Waals surface area (Å²) in [6.07, 6.45) is 6.98. The molecule has 7 unspecified atom stereocenters. The SMILES string of the molecule is CC#CC1CC(C(=O)NC(CC2CC(F)CC(F)C2)C(O)CN(CCC)NC(=O)CC2CCCCC2)CC(C(=O)N(CCC)CCC)C1. The first kappa shape index (κ1) is 40.2. The Morgan fingerprint density at radius 1 is 0.833 bits per heavy atom. The molecule has 0 spiro atoms. The number of amides is 3. The quantitative estimate of drug-likeness (QED) is 0.127. The number of carbonyl (C=O) groups is 3. The van der Waals surface area contributed by atoms with E-state index in [1.165, 1.54) is 6.42 Å². The Bertz CT molecular complexity index is 1050. The molecule has 0 heterocycles. The fourth-order valence-electron chi connectivity index (χ4n) is 8.33. The molecule has 0 aromatic heterocycles. The Kier molecular flexibility index (Phi) is 17.6. The average Bonchev–Trinajstić information content (AvgIpc) is 3.04. The molecule has 7 atom stereocenters. The number of hydrogen-bond donors (Lipinski definition) is 3. The zero-order chi connectivity index (χ0) is 35.1. The van der Waals surface area contributed by atoms with Gasteiger partial charge in [0.1, 0.15) is 12.3 Å². The molecule has 10 heteroatoms. The highest BCUT2D eigenvalue weighted by molar-refractivity contribution is 5.83. The van der Waals surface area contributed by atoms with Gasteiger partial charge < -0.3 is 15.3 Å². The van der Waals surface area contributed by atoms with Gasteiger partial charge in [-0.1, -0.05) is 40.0 Å². The van der Waals surface area contributed by atoms with Crippen molar-refractivity contribution in [2.75, 3.05) is 26.2 Å². The van der Waals surface area contributed by atoms with Crippen molar-refractivity contribution < 1.29 is 28.3 Å². The maximum atomic E-state index is 14.5. The standard InChI is InChI=1S/C38H64F2N4O4/c1-5-12-28-18-30(24-31(19-28)38(48)43(15-6-2)16-7-3)37(47)41-34(22-29-20-32(39)25-33(40)21-29)35(45)26-44(17-8-4)42-36(46)23-27-13-10-9-11-14-27/h27-35,45H,6-11,13-26H2,1-4H3,(H,41,47)(H,42,46). The molecule has 8 nitrogen and oxygen atoms in total. The molecule has 0 radical (unpaired) electrons. The lowest BCUT2D eigenvalue weighted by molar-refractivity contribution is -0.139. The molecular weight excluding hydrogens is 614 g/mol. The van der Waals surface area contributed by atoms with E-state index in [4.69, 9.17) is 0 Å². The van der Waals surface area contributed by atoms with Crippen LogP contribution in [0, 0.1) is 41.4 Å². The molecule has 3 N–H and O–H groups in total. The molecule has 3 fully saturated rings. The van der Waals surface area contributed by atoms with Gasteiger partial charge in [-0.3, -0.25) is 19.8 Å². The minimum absolute atomic E-state index is 0.0695. The molecule has 3 aliphatic rings. The minimum atomic E-state index is -1.25. The van der Waals surface area contributed by atoms with E-state index in [1.54, 1.807) is 11.9 Å². The number of aliphatic hydroxyl groups is 1. The van der Waals surface area contributed by atoms with Crippen LogP contribution in [-0.4, -0.2) is 83.4 Å². The number of nitrogens with zero attached hydrogens (tertiary/aromatic N) is 2. The molecule has 48 heavy (non-hydrogen) atoms. The van der Waals surface area contributed by atoms with Crippen LogP contribution in [0.1, 0.15) is 130 Å². The molecule has 0 aromatic carbocycles. The highest BCUT2D eigenvalue weighted by Gasteiger charge is 2.39. The van der Waals surface area contributed by atoms with Gasteiger partial charge in [-0.2, -0.15) is 0 Å². The number of hydrazine groups is 1. The smallest absolute Gasteiger partial charge is 0.234 e. The Labute approximate surface area is 288 Å². The third-order valence-corrected chi connectivity index (χ3v) is 10.5. The molecule has 3 saturated carbocycles. The highest BCUT2D eigenvalue weighted by atomic mass is 19.1. The van der Waals surface area contributed by atoms with Crippen molar-refractivity contribution in [2.45, 2.75) is 155 Å². The first-order valence-corrected chi connectivity index (χ1v) is 19.1. The predicted octanol–water partition coefficient (Wildman–Crippen LogP) is 6.12. The van der Waals surface area contributed by atoms with Gasteiger partial charge in [0.25, 0.3) is 0 Å². The first-order chi connectivity index (χ1) is 23.1. The van der Waals surface area contributed by atoms with Crippen LogP contribution < -0.4 is 10.7 Å². The third kappa shape index (κ3) is 13.2. The first-order valence-electron chi connectivity index (χ1n) is 19.1. The lowest BCUT2D eigenvalue weighted by Crippen LogP contribution is -2.54. The van der Waals surface area contributed by atoms with Gasteiger partial charge in [-0.15, -0.1) is 11.8 Å². The number of hydrogen-bond acceptors (Lipinski definition) is 5. The van der Waals surface area contributed by atoms with E-state index in [9.17, 15) is 28.3 Å². The van der Waals surface area contributed by atoms with Crippen molar-refractivity contribution in [3.8, 4) is 11.8 Å². The van der Waals surface area contributed by atoms with Crippen LogP contribution in [-0.2, 0) is 14.4 Å². The van der Waals surface area contributed by atoms with Crippen LogP contribution in [0.2, 0.25) is 0 Å². The van der Waals surface area contributed by atoms with E-state index in [2.05, 4.69) is 36.4 Å². The number of halogens is 2. The summed E-state index contributed by atoms with van der Waals surface area (Å²) in [6, 6.07) is -0.766. The molecule has 0 aliphatic heterocycles. The average molecular weight is 679 g/mol. The van der Waals surface area contributed by atoms with E-state index in [0.717, 1.165) is 44.9 Å². The molecule has 3 amide bonds. The zero-order valence-electron chi connectivity index (χ0n) is 30.2. The van der Waals surface area contributed by atoms with E-state index in [0.29, 0.717) is 51.2 Å². The molecule has 0 bridgehead atoms. The fraction of sp³-hybridized carbons (Fsp3) is 0.868. The maximum absolute atomic E-state index is 14.5. The van der Waals surface area contributed by atoms with Crippen LogP contribution in [0.5, 0.6) is 0 Å².